The molecule has 34 heavy (non-hydrogen) atoms. The van der Waals surface area contributed by atoms with E-state index in [4.69, 9.17) is 18.9 Å². The Labute approximate surface area is 196 Å². The van der Waals surface area contributed by atoms with Crippen LogP contribution in [0.2, 0.25) is 0 Å². The first-order valence-electron chi connectivity index (χ1n) is 10.6. The van der Waals surface area contributed by atoms with Crippen LogP contribution in [0, 0.1) is 0 Å². The fourth-order valence-corrected chi connectivity index (χ4v) is 4.79. The molecule has 176 valence electrons. The molecule has 2 aliphatic heterocycles. The maximum Gasteiger partial charge on any atom is 0.262 e. The van der Waals surface area contributed by atoms with Gasteiger partial charge >= 0.3 is 0 Å². The third-order valence-electron chi connectivity index (χ3n) is 5.39. The third-order valence-corrected chi connectivity index (χ3v) is 6.77. The quantitative estimate of drug-likeness (QED) is 0.575. The van der Waals surface area contributed by atoms with Crippen molar-refractivity contribution in [2.45, 2.75) is 11.4 Å². The lowest BCUT2D eigenvalue weighted by molar-refractivity contribution is 0.0785. The fraction of sp³-hybridized carbons (Fsp3) is 0.208. The molecule has 0 bridgehead atoms. The van der Waals surface area contributed by atoms with Crippen LogP contribution in [0.15, 0.2) is 65.6 Å². The van der Waals surface area contributed by atoms with E-state index in [1.54, 1.807) is 36.2 Å². The Morgan fingerprint density at radius 2 is 1.59 bits per heavy atom. The Kier molecular flexibility index (Phi) is 5.66. The predicted molar refractivity (Wildman–Crippen MR) is 123 cm³/mol. The summed E-state index contributed by atoms with van der Waals surface area (Å²) in [5, 5.41) is 0. The summed E-state index contributed by atoms with van der Waals surface area (Å²) in [6.07, 6.45) is 0. The number of benzene rings is 3. The van der Waals surface area contributed by atoms with Crippen molar-refractivity contribution in [1.82, 2.24) is 4.90 Å². The van der Waals surface area contributed by atoms with Crippen LogP contribution in [0.5, 0.6) is 23.0 Å². The third kappa shape index (κ3) is 4.44. The minimum absolute atomic E-state index is 0.0356. The van der Waals surface area contributed by atoms with E-state index in [2.05, 4.69) is 4.72 Å². The van der Waals surface area contributed by atoms with Crippen molar-refractivity contribution in [2.24, 2.45) is 0 Å². The van der Waals surface area contributed by atoms with Crippen molar-refractivity contribution >= 4 is 21.6 Å². The van der Waals surface area contributed by atoms with Crippen molar-refractivity contribution in [1.29, 1.82) is 0 Å². The average Bonchev–Trinajstić information content (AvgIpc) is 3.31. The van der Waals surface area contributed by atoms with Crippen molar-refractivity contribution in [2.75, 3.05) is 31.8 Å². The van der Waals surface area contributed by atoms with Crippen LogP contribution < -0.4 is 23.7 Å². The minimum Gasteiger partial charge on any atom is -0.486 e. The highest BCUT2D eigenvalue weighted by molar-refractivity contribution is 7.92. The second kappa shape index (κ2) is 8.79. The SMILES string of the molecule is CN(Cc1ccc2c(c1)OCO2)C(=O)c1cccc(NS(=O)(=O)c2ccc3c(c2)OCCO3)c1. The molecule has 1 N–H and O–H groups in total. The van der Waals surface area contributed by atoms with Gasteiger partial charge in [0.05, 0.1) is 4.90 Å². The Morgan fingerprint density at radius 3 is 2.44 bits per heavy atom. The summed E-state index contributed by atoms with van der Waals surface area (Å²) in [6.45, 7) is 1.31. The minimum atomic E-state index is -3.90. The van der Waals surface area contributed by atoms with Gasteiger partial charge in [0.2, 0.25) is 6.79 Å². The Bertz CT molecular complexity index is 1360. The number of carbonyl (C=O) groups excluding carboxylic acids is 1. The summed E-state index contributed by atoms with van der Waals surface area (Å²) in [6, 6.07) is 16.3. The number of ether oxygens (including phenoxy) is 4. The molecule has 3 aromatic carbocycles. The number of hydrogen-bond acceptors (Lipinski definition) is 7. The predicted octanol–water partition coefficient (Wildman–Crippen LogP) is 3.26. The van der Waals surface area contributed by atoms with Crippen LogP contribution in [-0.4, -0.2) is 46.3 Å². The number of hydrogen-bond donors (Lipinski definition) is 1. The largest absolute Gasteiger partial charge is 0.486 e. The first-order valence-corrected chi connectivity index (χ1v) is 12.0. The Hall–Kier alpha value is -3.92. The highest BCUT2D eigenvalue weighted by Crippen LogP contribution is 2.34. The normalized spacial score (nSPS) is 13.9. The number of nitrogens with zero attached hydrogens (tertiary/aromatic N) is 1. The molecule has 0 aliphatic carbocycles. The molecule has 0 unspecified atom stereocenters. The van der Waals surface area contributed by atoms with Crippen LogP contribution >= 0.6 is 0 Å². The maximum absolute atomic E-state index is 13.0. The number of carbonyl (C=O) groups is 1. The average molecular weight is 483 g/mol. The van der Waals surface area contributed by atoms with Gasteiger partial charge < -0.3 is 23.8 Å². The molecule has 0 spiro atoms. The van der Waals surface area contributed by atoms with Gasteiger partial charge in [-0.3, -0.25) is 9.52 Å². The lowest BCUT2D eigenvalue weighted by Gasteiger charge is -2.19. The second-order valence-corrected chi connectivity index (χ2v) is 9.52. The van der Waals surface area contributed by atoms with Crippen LogP contribution in [0.3, 0.4) is 0 Å². The molecule has 5 rings (SSSR count). The van der Waals surface area contributed by atoms with E-state index < -0.39 is 10.0 Å². The summed E-state index contributed by atoms with van der Waals surface area (Å²) >= 11 is 0. The molecule has 9 nitrogen and oxygen atoms in total. The van der Waals surface area contributed by atoms with Crippen LogP contribution in [-0.2, 0) is 16.6 Å². The first-order chi connectivity index (χ1) is 16.4. The zero-order valence-electron chi connectivity index (χ0n) is 18.3. The van der Waals surface area contributed by atoms with Crippen molar-refractivity contribution in [3.8, 4) is 23.0 Å². The van der Waals surface area contributed by atoms with Crippen LogP contribution in [0.1, 0.15) is 15.9 Å². The van der Waals surface area contributed by atoms with Gasteiger partial charge in [-0.15, -0.1) is 0 Å². The summed E-state index contributed by atoms with van der Waals surface area (Å²) in [7, 11) is -2.22. The molecular formula is C24H22N2O7S. The van der Waals surface area contributed by atoms with E-state index in [0.717, 1.165) is 5.56 Å². The van der Waals surface area contributed by atoms with Gasteiger partial charge in [-0.2, -0.15) is 0 Å². The fourth-order valence-electron chi connectivity index (χ4n) is 3.73. The van der Waals surface area contributed by atoms with E-state index in [1.165, 1.54) is 18.2 Å². The molecule has 1 amide bonds. The summed E-state index contributed by atoms with van der Waals surface area (Å²) in [4.78, 5) is 14.6. The summed E-state index contributed by atoms with van der Waals surface area (Å²) < 4.78 is 50.0. The van der Waals surface area contributed by atoms with Gasteiger partial charge in [0.25, 0.3) is 15.9 Å². The molecule has 0 aromatic heterocycles. The molecule has 0 atom stereocenters. The number of sulfonamides is 1. The van der Waals surface area contributed by atoms with Gasteiger partial charge in [0.1, 0.15) is 13.2 Å². The van der Waals surface area contributed by atoms with E-state index in [1.807, 2.05) is 18.2 Å². The maximum atomic E-state index is 13.0. The molecule has 0 radical (unpaired) electrons. The molecule has 10 heteroatoms. The molecule has 3 aromatic rings. The monoisotopic (exact) mass is 482 g/mol. The number of rotatable bonds is 6. The van der Waals surface area contributed by atoms with E-state index in [-0.39, 0.29) is 23.3 Å². The lowest BCUT2D eigenvalue weighted by Crippen LogP contribution is -2.26. The van der Waals surface area contributed by atoms with Gasteiger partial charge in [-0.1, -0.05) is 12.1 Å². The van der Waals surface area contributed by atoms with Crippen molar-refractivity contribution in [3.05, 3.63) is 71.8 Å². The van der Waals surface area contributed by atoms with E-state index in [0.29, 0.717) is 48.3 Å². The van der Waals surface area contributed by atoms with E-state index in [9.17, 15) is 13.2 Å². The highest BCUT2D eigenvalue weighted by Gasteiger charge is 2.21. The number of fused-ring (bicyclic) bond motifs is 2. The van der Waals surface area contributed by atoms with Crippen molar-refractivity contribution in [3.63, 3.8) is 0 Å². The molecule has 0 fully saturated rings. The molecule has 2 heterocycles. The van der Waals surface area contributed by atoms with Gasteiger partial charge in [0, 0.05) is 30.9 Å². The zero-order valence-corrected chi connectivity index (χ0v) is 19.1. The van der Waals surface area contributed by atoms with Crippen LogP contribution in [0.25, 0.3) is 0 Å². The number of amides is 1. The Morgan fingerprint density at radius 1 is 0.882 bits per heavy atom. The standard InChI is InChI=1S/C24H22N2O7S/c1-26(14-16-5-7-21-22(11-16)33-15-32-21)24(27)17-3-2-4-18(12-17)25-34(28,29)19-6-8-20-23(13-19)31-10-9-30-20/h2-8,11-13,25H,9-10,14-15H2,1H3. The Balaban J connectivity index is 1.30. The van der Waals surface area contributed by atoms with Crippen molar-refractivity contribution < 1.29 is 32.2 Å². The topological polar surface area (TPSA) is 103 Å². The number of anilines is 1. The van der Waals surface area contributed by atoms with Gasteiger partial charge in [-0.25, -0.2) is 8.42 Å². The van der Waals surface area contributed by atoms with Gasteiger partial charge in [0.15, 0.2) is 23.0 Å². The second-order valence-electron chi connectivity index (χ2n) is 7.84. The highest BCUT2D eigenvalue weighted by atomic mass is 32.2. The smallest absolute Gasteiger partial charge is 0.262 e. The summed E-state index contributed by atoms with van der Waals surface area (Å²) in [5.74, 6) is 1.95. The first kappa shape index (κ1) is 21.9. The summed E-state index contributed by atoms with van der Waals surface area (Å²) in [5.41, 5.74) is 1.51. The molecule has 2 aliphatic rings. The van der Waals surface area contributed by atoms with E-state index >= 15 is 0 Å². The molecular weight excluding hydrogens is 460 g/mol. The zero-order chi connectivity index (χ0) is 23.7. The lowest BCUT2D eigenvalue weighted by atomic mass is 10.1. The molecule has 0 saturated carbocycles. The number of nitrogens with one attached hydrogen (secondary N) is 1. The van der Waals surface area contributed by atoms with Gasteiger partial charge in [-0.05, 0) is 48.0 Å². The molecule has 0 saturated heterocycles. The van der Waals surface area contributed by atoms with Crippen LogP contribution in [0.4, 0.5) is 5.69 Å².